The predicted octanol–water partition coefficient (Wildman–Crippen LogP) is 2.51. The molecule has 1 aliphatic heterocycles. The SMILES string of the molecule is CCCC1(OC)C(=N)C(C)CC[Si]1(OC)OC. The molecule has 100 valence electrons. The summed E-state index contributed by atoms with van der Waals surface area (Å²) in [7, 11) is 2.59. The van der Waals surface area contributed by atoms with Crippen molar-refractivity contribution in [2.45, 2.75) is 44.4 Å². The number of ether oxygens (including phenoxy) is 1. The standard InChI is InChI=1S/C12H25NO3Si/c1-6-8-12(14-3)11(13)10(2)7-9-17(12,15-4)16-5/h10,13H,6-9H2,1-5H3. The number of hydrogen-bond acceptors (Lipinski definition) is 4. The lowest BCUT2D eigenvalue weighted by atomic mass is 9.94. The van der Waals surface area contributed by atoms with Gasteiger partial charge in [-0.05, 0) is 24.8 Å². The Kier molecular flexibility index (Phi) is 4.89. The van der Waals surface area contributed by atoms with Crippen LogP contribution in [0.4, 0.5) is 0 Å². The van der Waals surface area contributed by atoms with Gasteiger partial charge in [-0.25, -0.2) is 0 Å². The first-order valence-electron chi connectivity index (χ1n) is 6.28. The maximum absolute atomic E-state index is 8.42. The maximum atomic E-state index is 8.42. The minimum atomic E-state index is -2.48. The average molecular weight is 259 g/mol. The molecule has 0 aromatic carbocycles. The van der Waals surface area contributed by atoms with E-state index in [2.05, 4.69) is 13.8 Å². The normalized spacial score (nSPS) is 32.8. The molecule has 0 saturated carbocycles. The summed E-state index contributed by atoms with van der Waals surface area (Å²) in [5.41, 5.74) is 0.656. The number of rotatable bonds is 5. The first-order valence-corrected chi connectivity index (χ1v) is 8.30. The summed E-state index contributed by atoms with van der Waals surface area (Å²) in [5.74, 6) is 0.257. The fraction of sp³-hybridized carbons (Fsp3) is 0.917. The molecular formula is C12H25NO3Si. The molecule has 0 aliphatic carbocycles. The van der Waals surface area contributed by atoms with Crippen LogP contribution in [0.3, 0.4) is 0 Å². The van der Waals surface area contributed by atoms with Crippen LogP contribution >= 0.6 is 0 Å². The molecule has 2 atom stereocenters. The second-order valence-corrected chi connectivity index (χ2v) is 8.43. The van der Waals surface area contributed by atoms with Gasteiger partial charge in [0.25, 0.3) is 0 Å². The molecule has 0 aromatic heterocycles. The van der Waals surface area contributed by atoms with Gasteiger partial charge in [-0.3, -0.25) is 0 Å². The van der Waals surface area contributed by atoms with E-state index in [0.29, 0.717) is 5.71 Å². The van der Waals surface area contributed by atoms with E-state index in [1.165, 1.54) is 0 Å². The van der Waals surface area contributed by atoms with Gasteiger partial charge in [-0.15, -0.1) is 0 Å². The van der Waals surface area contributed by atoms with Crippen LogP contribution in [-0.4, -0.2) is 40.8 Å². The summed E-state index contributed by atoms with van der Waals surface area (Å²) in [6.07, 6.45) is 2.73. The van der Waals surface area contributed by atoms with Crippen molar-refractivity contribution in [1.82, 2.24) is 0 Å². The lowest BCUT2D eigenvalue weighted by Gasteiger charge is -2.49. The van der Waals surface area contributed by atoms with Crippen LogP contribution in [0.25, 0.3) is 0 Å². The van der Waals surface area contributed by atoms with E-state index in [4.69, 9.17) is 19.0 Å². The molecule has 5 heteroatoms. The molecule has 0 amide bonds. The van der Waals surface area contributed by atoms with E-state index in [1.807, 2.05) is 0 Å². The smallest absolute Gasteiger partial charge is 0.376 e. The highest BCUT2D eigenvalue weighted by atomic mass is 28.4. The van der Waals surface area contributed by atoms with Gasteiger partial charge in [-0.1, -0.05) is 20.3 Å². The van der Waals surface area contributed by atoms with Crippen molar-refractivity contribution in [1.29, 1.82) is 5.41 Å². The number of methoxy groups -OCH3 is 1. The zero-order valence-electron chi connectivity index (χ0n) is 11.6. The van der Waals surface area contributed by atoms with Gasteiger partial charge in [-0.2, -0.15) is 0 Å². The summed E-state index contributed by atoms with van der Waals surface area (Å²) < 4.78 is 17.3. The molecule has 1 fully saturated rings. The maximum Gasteiger partial charge on any atom is 0.376 e. The fourth-order valence-corrected chi connectivity index (χ4v) is 7.07. The molecule has 1 N–H and O–H groups in total. The van der Waals surface area contributed by atoms with E-state index >= 15 is 0 Å². The quantitative estimate of drug-likeness (QED) is 0.772. The molecular weight excluding hydrogens is 234 g/mol. The van der Waals surface area contributed by atoms with Crippen LogP contribution in [0.1, 0.15) is 33.1 Å². The predicted molar refractivity (Wildman–Crippen MR) is 70.7 cm³/mol. The van der Waals surface area contributed by atoms with Crippen molar-refractivity contribution in [3.63, 3.8) is 0 Å². The third kappa shape index (κ3) is 2.10. The minimum absolute atomic E-state index is 0.257. The molecule has 1 saturated heterocycles. The molecule has 0 bridgehead atoms. The van der Waals surface area contributed by atoms with Gasteiger partial charge in [0, 0.05) is 27.0 Å². The van der Waals surface area contributed by atoms with Crippen LogP contribution in [0.5, 0.6) is 0 Å². The Bertz CT molecular complexity index is 281. The summed E-state index contributed by atoms with van der Waals surface area (Å²) in [6, 6.07) is 0.900. The van der Waals surface area contributed by atoms with Crippen molar-refractivity contribution in [2.75, 3.05) is 21.3 Å². The Morgan fingerprint density at radius 2 is 1.94 bits per heavy atom. The molecule has 0 radical (unpaired) electrons. The van der Waals surface area contributed by atoms with Gasteiger partial charge in [0.15, 0.2) is 0 Å². The van der Waals surface area contributed by atoms with Crippen LogP contribution in [0.2, 0.25) is 6.04 Å². The van der Waals surface area contributed by atoms with Crippen LogP contribution in [0, 0.1) is 11.3 Å². The van der Waals surface area contributed by atoms with E-state index in [9.17, 15) is 0 Å². The molecule has 1 heterocycles. The van der Waals surface area contributed by atoms with E-state index in [1.54, 1.807) is 21.3 Å². The summed E-state index contributed by atoms with van der Waals surface area (Å²) in [6.45, 7) is 4.20. The van der Waals surface area contributed by atoms with E-state index < -0.39 is 13.8 Å². The second-order valence-electron chi connectivity index (χ2n) is 4.80. The first-order chi connectivity index (χ1) is 8.03. The van der Waals surface area contributed by atoms with E-state index in [0.717, 1.165) is 25.3 Å². The van der Waals surface area contributed by atoms with Crippen molar-refractivity contribution >= 4 is 14.3 Å². The third-order valence-electron chi connectivity index (χ3n) is 4.06. The molecule has 1 rings (SSSR count). The number of hydrogen-bond donors (Lipinski definition) is 1. The Morgan fingerprint density at radius 3 is 2.35 bits per heavy atom. The van der Waals surface area contributed by atoms with Gasteiger partial charge in [0.1, 0.15) is 5.22 Å². The zero-order valence-corrected chi connectivity index (χ0v) is 12.6. The molecule has 1 aliphatic rings. The van der Waals surface area contributed by atoms with Crippen LogP contribution < -0.4 is 0 Å². The number of nitrogens with one attached hydrogen (secondary N) is 1. The Balaban J connectivity index is 3.22. The Hall–Kier alpha value is -0.233. The van der Waals surface area contributed by atoms with Crippen LogP contribution in [0.15, 0.2) is 0 Å². The summed E-state index contributed by atoms with van der Waals surface area (Å²) in [4.78, 5) is 0. The average Bonchev–Trinajstić information content (AvgIpc) is 2.36. The monoisotopic (exact) mass is 259 g/mol. The second kappa shape index (κ2) is 5.61. The Morgan fingerprint density at radius 1 is 1.35 bits per heavy atom. The Labute approximate surface area is 105 Å². The van der Waals surface area contributed by atoms with E-state index in [-0.39, 0.29) is 5.92 Å². The minimum Gasteiger partial charge on any atom is -0.396 e. The van der Waals surface area contributed by atoms with Crippen molar-refractivity contribution in [3.8, 4) is 0 Å². The largest absolute Gasteiger partial charge is 0.396 e. The van der Waals surface area contributed by atoms with Crippen molar-refractivity contribution < 1.29 is 13.6 Å². The summed E-state index contributed by atoms with van der Waals surface area (Å²) in [5, 5.41) is 7.81. The highest BCUT2D eigenvalue weighted by Gasteiger charge is 2.62. The third-order valence-corrected chi connectivity index (χ3v) is 8.28. The molecule has 17 heavy (non-hydrogen) atoms. The zero-order chi connectivity index (χ0) is 13.1. The molecule has 4 nitrogen and oxygen atoms in total. The molecule has 0 aromatic rings. The van der Waals surface area contributed by atoms with Gasteiger partial charge >= 0.3 is 8.56 Å². The van der Waals surface area contributed by atoms with Gasteiger partial charge in [0.2, 0.25) is 0 Å². The highest BCUT2D eigenvalue weighted by Crippen LogP contribution is 2.42. The highest BCUT2D eigenvalue weighted by molar-refractivity contribution is 6.75. The van der Waals surface area contributed by atoms with Gasteiger partial charge < -0.3 is 19.0 Å². The van der Waals surface area contributed by atoms with Crippen LogP contribution in [-0.2, 0) is 13.6 Å². The summed E-state index contributed by atoms with van der Waals surface area (Å²) >= 11 is 0. The first kappa shape index (κ1) is 14.8. The lowest BCUT2D eigenvalue weighted by molar-refractivity contribution is 0.0397. The van der Waals surface area contributed by atoms with Crippen molar-refractivity contribution in [2.24, 2.45) is 5.92 Å². The molecule has 0 spiro atoms. The van der Waals surface area contributed by atoms with Gasteiger partial charge in [0.05, 0.1) is 0 Å². The lowest BCUT2D eigenvalue weighted by Crippen LogP contribution is -2.70. The fourth-order valence-electron chi connectivity index (χ4n) is 3.02. The van der Waals surface area contributed by atoms with Crippen molar-refractivity contribution in [3.05, 3.63) is 0 Å². The molecule has 2 unspecified atom stereocenters. The topological polar surface area (TPSA) is 51.5 Å².